The van der Waals surface area contributed by atoms with Gasteiger partial charge in [-0.1, -0.05) is 20.8 Å². The zero-order valence-electron chi connectivity index (χ0n) is 13.7. The Morgan fingerprint density at radius 2 is 1.45 bits per heavy atom. The minimum atomic E-state index is 0.533. The molecule has 4 aliphatic carbocycles. The van der Waals surface area contributed by atoms with Crippen LogP contribution >= 0.6 is 0 Å². The summed E-state index contributed by atoms with van der Waals surface area (Å²) in [6.45, 7) is 8.61. The normalized spacial score (nSPS) is 50.2. The summed E-state index contributed by atoms with van der Waals surface area (Å²) in [5.74, 6) is 6.42. The largest absolute Gasteiger partial charge is 0.313 e. The van der Waals surface area contributed by atoms with Crippen LogP contribution in [-0.2, 0) is 0 Å². The Kier molecular flexibility index (Phi) is 3.22. The molecule has 0 aromatic heterocycles. The Morgan fingerprint density at radius 1 is 0.850 bits per heavy atom. The van der Waals surface area contributed by atoms with E-state index in [0.29, 0.717) is 5.41 Å². The Labute approximate surface area is 125 Å². The predicted molar refractivity (Wildman–Crippen MR) is 84.5 cm³/mol. The molecule has 4 unspecified atom stereocenters. The Balaban J connectivity index is 1.21. The number of hydrogen-bond donors (Lipinski definition) is 1. The first-order valence-electron chi connectivity index (χ1n) is 9.27. The molecular formula is C19H33N. The molecule has 4 rings (SSSR count). The molecule has 0 heterocycles. The molecule has 0 saturated heterocycles. The molecule has 2 bridgehead atoms. The molecule has 0 aliphatic heterocycles. The average molecular weight is 275 g/mol. The summed E-state index contributed by atoms with van der Waals surface area (Å²) >= 11 is 0. The lowest BCUT2D eigenvalue weighted by Crippen LogP contribution is -2.33. The highest BCUT2D eigenvalue weighted by molar-refractivity contribution is 5.16. The summed E-state index contributed by atoms with van der Waals surface area (Å²) in [5, 5.41) is 3.98. The quantitative estimate of drug-likeness (QED) is 0.801. The minimum absolute atomic E-state index is 0.533. The van der Waals surface area contributed by atoms with Crippen LogP contribution in [0.2, 0.25) is 0 Å². The van der Waals surface area contributed by atoms with Gasteiger partial charge in [0.25, 0.3) is 0 Å². The number of hydrogen-bond acceptors (Lipinski definition) is 1. The van der Waals surface area contributed by atoms with E-state index in [1.807, 2.05) is 0 Å². The third kappa shape index (κ3) is 2.25. The van der Waals surface area contributed by atoms with Crippen molar-refractivity contribution in [3.8, 4) is 0 Å². The minimum Gasteiger partial charge on any atom is -0.313 e. The van der Waals surface area contributed by atoms with Gasteiger partial charge in [-0.2, -0.15) is 0 Å². The topological polar surface area (TPSA) is 12.0 Å². The molecule has 4 aliphatic rings. The molecule has 4 atom stereocenters. The van der Waals surface area contributed by atoms with Gasteiger partial charge in [-0.05, 0) is 92.4 Å². The molecule has 114 valence electrons. The monoisotopic (exact) mass is 275 g/mol. The predicted octanol–water partition coefficient (Wildman–Crippen LogP) is 4.47. The fourth-order valence-electron chi connectivity index (χ4n) is 6.13. The third-order valence-corrected chi connectivity index (χ3v) is 7.45. The molecule has 0 spiro atoms. The molecule has 1 N–H and O–H groups in total. The van der Waals surface area contributed by atoms with Gasteiger partial charge in [0.15, 0.2) is 0 Å². The molecule has 4 fully saturated rings. The number of rotatable bonds is 3. The third-order valence-electron chi connectivity index (χ3n) is 7.45. The zero-order valence-corrected chi connectivity index (χ0v) is 13.7. The molecule has 1 heteroatoms. The fraction of sp³-hybridized carbons (Fsp3) is 1.00. The Morgan fingerprint density at radius 3 is 2.00 bits per heavy atom. The first-order valence-corrected chi connectivity index (χ1v) is 9.27. The first-order chi connectivity index (χ1) is 9.54. The van der Waals surface area contributed by atoms with Crippen molar-refractivity contribution in [2.45, 2.75) is 71.8 Å². The van der Waals surface area contributed by atoms with E-state index in [4.69, 9.17) is 0 Å². The van der Waals surface area contributed by atoms with Crippen molar-refractivity contribution < 1.29 is 0 Å². The summed E-state index contributed by atoms with van der Waals surface area (Å²) in [4.78, 5) is 0. The number of nitrogens with one attached hydrogen (secondary N) is 1. The van der Waals surface area contributed by atoms with E-state index in [1.54, 1.807) is 19.3 Å². The van der Waals surface area contributed by atoms with E-state index in [1.165, 1.54) is 32.2 Å². The maximum absolute atomic E-state index is 3.98. The van der Waals surface area contributed by atoms with Gasteiger partial charge >= 0.3 is 0 Å². The van der Waals surface area contributed by atoms with Crippen molar-refractivity contribution in [3.63, 3.8) is 0 Å². The Hall–Kier alpha value is -0.0400. The summed E-state index contributed by atoms with van der Waals surface area (Å²) in [5.41, 5.74) is 0.533. The van der Waals surface area contributed by atoms with Crippen molar-refractivity contribution >= 4 is 0 Å². The van der Waals surface area contributed by atoms with Gasteiger partial charge in [0, 0.05) is 6.04 Å². The molecule has 20 heavy (non-hydrogen) atoms. The van der Waals surface area contributed by atoms with Crippen molar-refractivity contribution in [1.82, 2.24) is 5.32 Å². The summed E-state index contributed by atoms with van der Waals surface area (Å²) in [6, 6.07) is 0.946. The first kappa shape index (κ1) is 13.6. The second kappa shape index (κ2) is 4.73. The number of fused-ring (bicyclic) bond motifs is 5. The zero-order chi connectivity index (χ0) is 13.9. The average Bonchev–Trinajstić information content (AvgIpc) is 2.79. The van der Waals surface area contributed by atoms with Gasteiger partial charge in [-0.25, -0.2) is 0 Å². The van der Waals surface area contributed by atoms with E-state index in [-0.39, 0.29) is 0 Å². The van der Waals surface area contributed by atoms with Gasteiger partial charge < -0.3 is 5.32 Å². The van der Waals surface area contributed by atoms with Crippen molar-refractivity contribution in [2.75, 3.05) is 6.54 Å². The van der Waals surface area contributed by atoms with Crippen LogP contribution in [-0.4, -0.2) is 12.6 Å². The molecule has 1 nitrogen and oxygen atoms in total. The van der Waals surface area contributed by atoms with Crippen LogP contribution in [0.1, 0.15) is 65.7 Å². The van der Waals surface area contributed by atoms with Crippen molar-refractivity contribution in [2.24, 2.45) is 40.9 Å². The summed E-state index contributed by atoms with van der Waals surface area (Å²) in [7, 11) is 0. The summed E-state index contributed by atoms with van der Waals surface area (Å²) in [6.07, 6.45) is 10.6. The highest BCUT2D eigenvalue weighted by Crippen LogP contribution is 2.65. The molecule has 0 aromatic carbocycles. The van der Waals surface area contributed by atoms with E-state index < -0.39 is 0 Å². The second-order valence-electron chi connectivity index (χ2n) is 9.51. The van der Waals surface area contributed by atoms with E-state index in [0.717, 1.165) is 41.5 Å². The lowest BCUT2D eigenvalue weighted by atomic mass is 9.70. The van der Waals surface area contributed by atoms with Crippen LogP contribution < -0.4 is 5.32 Å². The van der Waals surface area contributed by atoms with Gasteiger partial charge in [-0.15, -0.1) is 0 Å². The molecule has 0 aromatic rings. The van der Waals surface area contributed by atoms with Crippen molar-refractivity contribution in [1.29, 1.82) is 0 Å². The van der Waals surface area contributed by atoms with Crippen LogP contribution in [0.5, 0.6) is 0 Å². The van der Waals surface area contributed by atoms with Gasteiger partial charge in [0.05, 0.1) is 0 Å². The fourth-order valence-corrected chi connectivity index (χ4v) is 6.13. The van der Waals surface area contributed by atoms with Crippen LogP contribution in [0.25, 0.3) is 0 Å². The van der Waals surface area contributed by atoms with Gasteiger partial charge in [0.2, 0.25) is 0 Å². The highest BCUT2D eigenvalue weighted by Gasteiger charge is 2.64. The lowest BCUT2D eigenvalue weighted by Gasteiger charge is -2.37. The van der Waals surface area contributed by atoms with Gasteiger partial charge in [0.1, 0.15) is 0 Å². The maximum atomic E-state index is 3.98. The molecule has 0 amide bonds. The standard InChI is InChI=1S/C19H33N/c1-19(2,3)15-8-4-12(5-9-15)11-20-18-16-13-6-7-14(10-13)17(16)18/h12-18,20H,4-11H2,1-3H3. The van der Waals surface area contributed by atoms with Gasteiger partial charge in [-0.3, -0.25) is 0 Å². The van der Waals surface area contributed by atoms with E-state index in [9.17, 15) is 0 Å². The maximum Gasteiger partial charge on any atom is 0.0136 e. The lowest BCUT2D eigenvalue weighted by molar-refractivity contribution is 0.148. The van der Waals surface area contributed by atoms with Crippen LogP contribution in [0, 0.1) is 40.9 Å². The highest BCUT2D eigenvalue weighted by atomic mass is 15.0. The van der Waals surface area contributed by atoms with Crippen LogP contribution in [0.4, 0.5) is 0 Å². The second-order valence-corrected chi connectivity index (χ2v) is 9.51. The van der Waals surface area contributed by atoms with Crippen molar-refractivity contribution in [3.05, 3.63) is 0 Å². The SMILES string of the molecule is CC(C)(C)C1CCC(CNC2C3C4CCC(C4)C23)CC1. The molecular weight excluding hydrogens is 242 g/mol. The van der Waals surface area contributed by atoms with Crippen LogP contribution in [0.15, 0.2) is 0 Å². The molecule has 0 radical (unpaired) electrons. The van der Waals surface area contributed by atoms with E-state index in [2.05, 4.69) is 26.1 Å². The van der Waals surface area contributed by atoms with E-state index >= 15 is 0 Å². The van der Waals surface area contributed by atoms with Crippen LogP contribution in [0.3, 0.4) is 0 Å². The summed E-state index contributed by atoms with van der Waals surface area (Å²) < 4.78 is 0. The Bertz CT molecular complexity index is 344. The smallest absolute Gasteiger partial charge is 0.0136 e. The molecule has 4 saturated carbocycles.